The quantitative estimate of drug-likeness (QED) is 0.748. The highest BCUT2D eigenvalue weighted by Crippen LogP contribution is 2.36. The molecule has 2 aromatic carbocycles. The minimum Gasteiger partial charge on any atom is -0.294 e. The Bertz CT molecular complexity index is 806. The summed E-state index contributed by atoms with van der Waals surface area (Å²) >= 11 is 0. The standard InChI is InChI=1S/C21H20O/c1-14-6-4-8-17(10-14)12-19-13-20(22)21(16(19)3)18-9-5-7-15(2)11-18/h4-12H,13H2,1-3H3/b19-12-. The van der Waals surface area contributed by atoms with Gasteiger partial charge in [-0.25, -0.2) is 0 Å². The molecule has 0 amide bonds. The van der Waals surface area contributed by atoms with Gasteiger partial charge in [0, 0.05) is 12.0 Å². The van der Waals surface area contributed by atoms with E-state index in [9.17, 15) is 4.79 Å². The lowest BCUT2D eigenvalue weighted by atomic mass is 9.99. The Morgan fingerprint density at radius 3 is 2.27 bits per heavy atom. The number of rotatable bonds is 2. The van der Waals surface area contributed by atoms with Crippen LogP contribution < -0.4 is 0 Å². The van der Waals surface area contributed by atoms with Crippen molar-refractivity contribution in [3.8, 4) is 0 Å². The molecule has 1 aliphatic carbocycles. The van der Waals surface area contributed by atoms with Crippen molar-refractivity contribution in [1.82, 2.24) is 0 Å². The number of allylic oxidation sites excluding steroid dienone is 3. The molecule has 0 aliphatic heterocycles. The summed E-state index contributed by atoms with van der Waals surface area (Å²) in [5, 5.41) is 0. The fourth-order valence-electron chi connectivity index (χ4n) is 3.06. The number of carbonyl (C=O) groups excluding carboxylic acids is 1. The number of hydrogen-bond donors (Lipinski definition) is 0. The van der Waals surface area contributed by atoms with Gasteiger partial charge in [0.05, 0.1) is 0 Å². The van der Waals surface area contributed by atoms with Crippen LogP contribution in [0.3, 0.4) is 0 Å². The van der Waals surface area contributed by atoms with Gasteiger partial charge in [0.15, 0.2) is 5.78 Å². The molecule has 0 N–H and O–H groups in total. The predicted octanol–water partition coefficient (Wildman–Crippen LogP) is 5.13. The van der Waals surface area contributed by atoms with Gasteiger partial charge in [-0.15, -0.1) is 0 Å². The average Bonchev–Trinajstić information content (AvgIpc) is 2.73. The number of benzene rings is 2. The van der Waals surface area contributed by atoms with Crippen LogP contribution in [0.25, 0.3) is 11.6 Å². The Morgan fingerprint density at radius 1 is 0.909 bits per heavy atom. The molecule has 1 aliphatic rings. The van der Waals surface area contributed by atoms with Crippen LogP contribution in [-0.4, -0.2) is 5.78 Å². The minimum atomic E-state index is 0.224. The first-order valence-corrected chi connectivity index (χ1v) is 7.63. The van der Waals surface area contributed by atoms with Crippen LogP contribution in [0.4, 0.5) is 0 Å². The molecular formula is C21H20O. The van der Waals surface area contributed by atoms with E-state index in [4.69, 9.17) is 0 Å². The second kappa shape index (κ2) is 5.76. The zero-order valence-corrected chi connectivity index (χ0v) is 13.3. The third-order valence-electron chi connectivity index (χ3n) is 4.18. The summed E-state index contributed by atoms with van der Waals surface area (Å²) < 4.78 is 0. The fourth-order valence-corrected chi connectivity index (χ4v) is 3.06. The largest absolute Gasteiger partial charge is 0.294 e. The van der Waals surface area contributed by atoms with Gasteiger partial charge in [0.1, 0.15) is 0 Å². The summed E-state index contributed by atoms with van der Waals surface area (Å²) in [6.45, 7) is 6.20. The summed E-state index contributed by atoms with van der Waals surface area (Å²) in [7, 11) is 0. The van der Waals surface area contributed by atoms with E-state index in [2.05, 4.69) is 63.2 Å². The average molecular weight is 288 g/mol. The summed E-state index contributed by atoms with van der Waals surface area (Å²) in [6, 6.07) is 16.6. The third kappa shape index (κ3) is 2.80. The number of ketones is 1. The molecule has 22 heavy (non-hydrogen) atoms. The first-order chi connectivity index (χ1) is 10.5. The van der Waals surface area contributed by atoms with Gasteiger partial charge in [-0.1, -0.05) is 65.7 Å². The van der Waals surface area contributed by atoms with E-state index >= 15 is 0 Å². The molecule has 0 unspecified atom stereocenters. The predicted molar refractivity (Wildman–Crippen MR) is 92.6 cm³/mol. The van der Waals surface area contributed by atoms with Crippen molar-refractivity contribution in [1.29, 1.82) is 0 Å². The van der Waals surface area contributed by atoms with Gasteiger partial charge in [-0.3, -0.25) is 4.79 Å². The molecular weight excluding hydrogens is 268 g/mol. The van der Waals surface area contributed by atoms with Crippen molar-refractivity contribution in [2.45, 2.75) is 27.2 Å². The van der Waals surface area contributed by atoms with E-state index in [0.717, 1.165) is 27.8 Å². The van der Waals surface area contributed by atoms with Gasteiger partial charge in [-0.2, -0.15) is 0 Å². The van der Waals surface area contributed by atoms with Gasteiger partial charge in [0.25, 0.3) is 0 Å². The lowest BCUT2D eigenvalue weighted by Gasteiger charge is -2.04. The SMILES string of the molecule is CC1=C(c2cccc(C)c2)C(=O)C/C1=C/c1cccc(C)c1. The van der Waals surface area contributed by atoms with Crippen LogP contribution in [0.15, 0.2) is 59.7 Å². The van der Waals surface area contributed by atoms with Gasteiger partial charge in [0.2, 0.25) is 0 Å². The Kier molecular flexibility index (Phi) is 3.81. The molecule has 0 aromatic heterocycles. The van der Waals surface area contributed by atoms with Crippen molar-refractivity contribution in [2.75, 3.05) is 0 Å². The van der Waals surface area contributed by atoms with Crippen molar-refractivity contribution in [3.05, 3.63) is 81.9 Å². The van der Waals surface area contributed by atoms with E-state index in [1.54, 1.807) is 0 Å². The molecule has 0 radical (unpaired) electrons. The van der Waals surface area contributed by atoms with Gasteiger partial charge in [-0.05, 0) is 43.0 Å². The number of carbonyl (C=O) groups is 1. The maximum atomic E-state index is 12.5. The van der Waals surface area contributed by atoms with Crippen LogP contribution in [0, 0.1) is 13.8 Å². The zero-order chi connectivity index (χ0) is 15.7. The number of Topliss-reactive ketones (excluding diaryl/α,β-unsaturated/α-hetero) is 1. The molecule has 0 saturated carbocycles. The molecule has 110 valence electrons. The molecule has 0 heterocycles. The maximum Gasteiger partial charge on any atom is 0.168 e. The Morgan fingerprint density at radius 2 is 1.59 bits per heavy atom. The molecule has 1 nitrogen and oxygen atoms in total. The zero-order valence-electron chi connectivity index (χ0n) is 13.3. The van der Waals surface area contributed by atoms with Crippen LogP contribution in [0.5, 0.6) is 0 Å². The normalized spacial score (nSPS) is 16.7. The molecule has 0 bridgehead atoms. The van der Waals surface area contributed by atoms with Crippen molar-refractivity contribution in [2.24, 2.45) is 0 Å². The van der Waals surface area contributed by atoms with Crippen molar-refractivity contribution in [3.63, 3.8) is 0 Å². The molecule has 0 spiro atoms. The first-order valence-electron chi connectivity index (χ1n) is 7.63. The van der Waals surface area contributed by atoms with Crippen molar-refractivity contribution >= 4 is 17.4 Å². The molecule has 3 rings (SSSR count). The second-order valence-electron chi connectivity index (χ2n) is 6.05. The molecule has 1 heteroatoms. The summed E-state index contributed by atoms with van der Waals surface area (Å²) in [4.78, 5) is 12.5. The van der Waals surface area contributed by atoms with Gasteiger partial charge < -0.3 is 0 Å². The lowest BCUT2D eigenvalue weighted by Crippen LogP contribution is -1.95. The van der Waals surface area contributed by atoms with Crippen LogP contribution in [0.1, 0.15) is 35.6 Å². The molecule has 0 fully saturated rings. The third-order valence-corrected chi connectivity index (χ3v) is 4.18. The highest BCUT2D eigenvalue weighted by atomic mass is 16.1. The number of aryl methyl sites for hydroxylation is 2. The van der Waals surface area contributed by atoms with Crippen LogP contribution in [-0.2, 0) is 4.79 Å². The topological polar surface area (TPSA) is 17.1 Å². The van der Waals surface area contributed by atoms with Crippen LogP contribution >= 0.6 is 0 Å². The highest BCUT2D eigenvalue weighted by molar-refractivity contribution is 6.26. The van der Waals surface area contributed by atoms with Crippen LogP contribution in [0.2, 0.25) is 0 Å². The fraction of sp³-hybridized carbons (Fsp3) is 0.190. The highest BCUT2D eigenvalue weighted by Gasteiger charge is 2.25. The lowest BCUT2D eigenvalue weighted by molar-refractivity contribution is -0.112. The molecule has 0 atom stereocenters. The summed E-state index contributed by atoms with van der Waals surface area (Å²) in [6.07, 6.45) is 2.64. The maximum absolute atomic E-state index is 12.5. The minimum absolute atomic E-state index is 0.224. The summed E-state index contributed by atoms with van der Waals surface area (Å²) in [5.74, 6) is 0.224. The smallest absolute Gasteiger partial charge is 0.168 e. The Balaban J connectivity index is 2.04. The summed E-state index contributed by atoms with van der Waals surface area (Å²) in [5.41, 5.74) is 7.73. The van der Waals surface area contributed by atoms with E-state index in [-0.39, 0.29) is 5.78 Å². The monoisotopic (exact) mass is 288 g/mol. The van der Waals surface area contributed by atoms with E-state index in [0.29, 0.717) is 6.42 Å². The second-order valence-corrected chi connectivity index (χ2v) is 6.05. The number of hydrogen-bond acceptors (Lipinski definition) is 1. The van der Waals surface area contributed by atoms with Crippen molar-refractivity contribution < 1.29 is 4.79 Å². The molecule has 0 saturated heterocycles. The Labute approximate surface area is 132 Å². The van der Waals surface area contributed by atoms with E-state index in [1.807, 2.05) is 12.1 Å². The van der Waals surface area contributed by atoms with E-state index < -0.39 is 0 Å². The molecule has 2 aromatic rings. The van der Waals surface area contributed by atoms with Gasteiger partial charge >= 0.3 is 0 Å². The Hall–Kier alpha value is -2.41. The van der Waals surface area contributed by atoms with E-state index in [1.165, 1.54) is 11.1 Å². The first kappa shape index (κ1) is 14.5.